The monoisotopic (exact) mass is 415 g/mol. The van der Waals surface area contributed by atoms with E-state index in [9.17, 15) is 9.59 Å². The van der Waals surface area contributed by atoms with E-state index in [-0.39, 0.29) is 17.2 Å². The number of H-pyrrole nitrogens is 1. The molecular formula is C20H21N3O3S2. The zero-order valence-electron chi connectivity index (χ0n) is 15.5. The van der Waals surface area contributed by atoms with Gasteiger partial charge in [-0.15, -0.1) is 11.3 Å². The Labute approximate surface area is 170 Å². The number of aromatic nitrogens is 2. The fraction of sp³-hybridized carbons (Fsp3) is 0.350. The normalized spacial score (nSPS) is 13.3. The molecular weight excluding hydrogens is 394 g/mol. The summed E-state index contributed by atoms with van der Waals surface area (Å²) in [7, 11) is 1.62. The predicted octanol–water partition coefficient (Wildman–Crippen LogP) is 3.28. The van der Waals surface area contributed by atoms with Gasteiger partial charge in [-0.3, -0.25) is 9.59 Å². The van der Waals surface area contributed by atoms with Gasteiger partial charge in [-0.1, -0.05) is 23.9 Å². The Bertz CT molecular complexity index is 1060. The Morgan fingerprint density at radius 2 is 2.07 bits per heavy atom. The predicted molar refractivity (Wildman–Crippen MR) is 112 cm³/mol. The van der Waals surface area contributed by atoms with E-state index in [0.717, 1.165) is 40.8 Å². The zero-order chi connectivity index (χ0) is 19.5. The summed E-state index contributed by atoms with van der Waals surface area (Å²) in [5.41, 5.74) is 2.08. The molecule has 28 heavy (non-hydrogen) atoms. The first-order valence-electron chi connectivity index (χ1n) is 9.21. The second-order valence-corrected chi connectivity index (χ2v) is 8.72. The van der Waals surface area contributed by atoms with E-state index in [1.54, 1.807) is 18.4 Å². The Hall–Kier alpha value is -2.32. The number of hydrogen-bond acceptors (Lipinski definition) is 6. The number of methoxy groups -OCH3 is 1. The molecule has 0 aliphatic heterocycles. The number of aryl methyl sites for hydroxylation is 2. The molecule has 0 saturated heterocycles. The van der Waals surface area contributed by atoms with Crippen molar-refractivity contribution < 1.29 is 9.53 Å². The molecule has 4 rings (SSSR count). The Morgan fingerprint density at radius 3 is 2.86 bits per heavy atom. The highest BCUT2D eigenvalue weighted by molar-refractivity contribution is 7.99. The van der Waals surface area contributed by atoms with Crippen molar-refractivity contribution in [1.29, 1.82) is 0 Å². The van der Waals surface area contributed by atoms with Crippen LogP contribution < -0.4 is 15.6 Å². The average Bonchev–Trinajstić information content (AvgIpc) is 3.10. The molecule has 3 aromatic rings. The standard InChI is InChI=1S/C20H21N3O3S2/c1-26-13-8-6-12(7-9-13)10-21-16(24)11-27-20-22-18(25)17-14-4-2-3-5-15(14)28-19(17)23-20/h6-9H,2-5,10-11H2,1H3,(H,21,24)(H,22,23,25). The first-order chi connectivity index (χ1) is 13.6. The van der Waals surface area contributed by atoms with E-state index in [4.69, 9.17) is 4.74 Å². The maximum Gasteiger partial charge on any atom is 0.260 e. The maximum absolute atomic E-state index is 12.5. The largest absolute Gasteiger partial charge is 0.497 e. The van der Waals surface area contributed by atoms with Crippen molar-refractivity contribution in [2.24, 2.45) is 0 Å². The van der Waals surface area contributed by atoms with Gasteiger partial charge in [0.2, 0.25) is 5.91 Å². The Kier molecular flexibility index (Phi) is 5.68. The number of amides is 1. The molecule has 8 heteroatoms. The van der Waals surface area contributed by atoms with Crippen molar-refractivity contribution in [3.63, 3.8) is 0 Å². The molecule has 2 heterocycles. The Morgan fingerprint density at radius 1 is 1.29 bits per heavy atom. The lowest BCUT2D eigenvalue weighted by atomic mass is 9.97. The van der Waals surface area contributed by atoms with Crippen molar-refractivity contribution in [1.82, 2.24) is 15.3 Å². The van der Waals surface area contributed by atoms with E-state index in [0.29, 0.717) is 11.7 Å². The lowest BCUT2D eigenvalue weighted by Gasteiger charge is -2.09. The first-order valence-corrected chi connectivity index (χ1v) is 11.0. The summed E-state index contributed by atoms with van der Waals surface area (Å²) in [5, 5.41) is 4.12. The highest BCUT2D eigenvalue weighted by Gasteiger charge is 2.20. The third-order valence-corrected chi connectivity index (χ3v) is 6.85. The number of benzene rings is 1. The molecule has 1 amide bonds. The smallest absolute Gasteiger partial charge is 0.260 e. The van der Waals surface area contributed by atoms with Gasteiger partial charge < -0.3 is 15.0 Å². The molecule has 1 aliphatic carbocycles. The summed E-state index contributed by atoms with van der Waals surface area (Å²) in [6.45, 7) is 0.448. The molecule has 1 aromatic carbocycles. The minimum Gasteiger partial charge on any atom is -0.497 e. The Balaban J connectivity index is 1.38. The molecule has 0 fully saturated rings. The summed E-state index contributed by atoms with van der Waals surface area (Å²) in [5.74, 6) is 0.885. The number of fused-ring (bicyclic) bond motifs is 3. The van der Waals surface area contributed by atoms with E-state index >= 15 is 0 Å². The number of carbonyl (C=O) groups is 1. The lowest BCUT2D eigenvalue weighted by Crippen LogP contribution is -2.24. The first kappa shape index (κ1) is 19.0. The van der Waals surface area contributed by atoms with Crippen LogP contribution in [0, 0.1) is 0 Å². The van der Waals surface area contributed by atoms with Crippen LogP contribution in [-0.2, 0) is 24.2 Å². The molecule has 0 unspecified atom stereocenters. The van der Waals surface area contributed by atoms with Crippen LogP contribution in [0.25, 0.3) is 10.2 Å². The average molecular weight is 416 g/mol. The van der Waals surface area contributed by atoms with Crippen molar-refractivity contribution in [2.75, 3.05) is 12.9 Å². The third kappa shape index (κ3) is 4.07. The van der Waals surface area contributed by atoms with Crippen LogP contribution in [0.5, 0.6) is 5.75 Å². The molecule has 0 saturated carbocycles. The fourth-order valence-corrected chi connectivity index (χ4v) is 5.35. The highest BCUT2D eigenvalue weighted by atomic mass is 32.2. The quantitative estimate of drug-likeness (QED) is 0.477. The number of thioether (sulfide) groups is 1. The van der Waals surface area contributed by atoms with Crippen LogP contribution in [-0.4, -0.2) is 28.7 Å². The van der Waals surface area contributed by atoms with Gasteiger partial charge in [0.25, 0.3) is 5.56 Å². The SMILES string of the molecule is COc1ccc(CNC(=O)CSc2nc3sc4c(c3c(=O)[nH]2)CCCC4)cc1. The topological polar surface area (TPSA) is 84.1 Å². The molecule has 146 valence electrons. The van der Waals surface area contributed by atoms with Crippen molar-refractivity contribution >= 4 is 39.2 Å². The third-order valence-electron chi connectivity index (χ3n) is 4.79. The van der Waals surface area contributed by atoms with Crippen molar-refractivity contribution in [3.05, 3.63) is 50.6 Å². The molecule has 0 bridgehead atoms. The summed E-state index contributed by atoms with van der Waals surface area (Å²) >= 11 is 2.87. The molecule has 0 atom stereocenters. The van der Waals surface area contributed by atoms with Crippen molar-refractivity contribution in [2.45, 2.75) is 37.4 Å². The molecule has 1 aliphatic rings. The van der Waals surface area contributed by atoms with Crippen molar-refractivity contribution in [3.8, 4) is 5.75 Å². The molecule has 6 nitrogen and oxygen atoms in total. The fourth-order valence-electron chi connectivity index (χ4n) is 3.34. The second-order valence-electron chi connectivity index (χ2n) is 6.68. The number of hydrogen-bond donors (Lipinski definition) is 2. The van der Waals surface area contributed by atoms with Crippen LogP contribution in [0.15, 0.2) is 34.2 Å². The number of nitrogens with zero attached hydrogens (tertiary/aromatic N) is 1. The minimum atomic E-state index is -0.103. The molecule has 0 radical (unpaired) electrons. The maximum atomic E-state index is 12.5. The van der Waals surface area contributed by atoms with E-state index in [2.05, 4.69) is 15.3 Å². The van der Waals surface area contributed by atoms with E-state index in [1.165, 1.54) is 28.6 Å². The van der Waals surface area contributed by atoms with Gasteiger partial charge in [-0.25, -0.2) is 4.98 Å². The van der Waals surface area contributed by atoms with Crippen LogP contribution in [0.3, 0.4) is 0 Å². The van der Waals surface area contributed by atoms with Crippen LogP contribution in [0.1, 0.15) is 28.8 Å². The summed E-state index contributed by atoms with van der Waals surface area (Å²) < 4.78 is 5.12. The van der Waals surface area contributed by atoms with Gasteiger partial charge >= 0.3 is 0 Å². The van der Waals surface area contributed by atoms with Crippen LogP contribution in [0.4, 0.5) is 0 Å². The van der Waals surface area contributed by atoms with Gasteiger partial charge in [0.05, 0.1) is 18.2 Å². The number of nitrogens with one attached hydrogen (secondary N) is 2. The van der Waals surface area contributed by atoms with Gasteiger partial charge in [-0.05, 0) is 48.9 Å². The van der Waals surface area contributed by atoms with E-state index < -0.39 is 0 Å². The van der Waals surface area contributed by atoms with Gasteiger partial charge in [0.15, 0.2) is 5.16 Å². The summed E-state index contributed by atoms with van der Waals surface area (Å²) in [6, 6.07) is 7.55. The zero-order valence-corrected chi connectivity index (χ0v) is 17.2. The molecule has 2 aromatic heterocycles. The number of ether oxygens (including phenoxy) is 1. The number of carbonyl (C=O) groups excluding carboxylic acids is 1. The number of aromatic amines is 1. The van der Waals surface area contributed by atoms with Gasteiger partial charge in [-0.2, -0.15) is 0 Å². The summed E-state index contributed by atoms with van der Waals surface area (Å²) in [4.78, 5) is 34.2. The lowest BCUT2D eigenvalue weighted by molar-refractivity contribution is -0.118. The highest BCUT2D eigenvalue weighted by Crippen LogP contribution is 2.34. The molecule has 2 N–H and O–H groups in total. The minimum absolute atomic E-state index is 0.0921. The number of rotatable bonds is 6. The van der Waals surface area contributed by atoms with Crippen LogP contribution >= 0.6 is 23.1 Å². The number of thiophene rings is 1. The van der Waals surface area contributed by atoms with Gasteiger partial charge in [0.1, 0.15) is 10.6 Å². The van der Waals surface area contributed by atoms with Gasteiger partial charge in [0, 0.05) is 11.4 Å². The van der Waals surface area contributed by atoms with E-state index in [1.807, 2.05) is 24.3 Å². The second kappa shape index (κ2) is 8.36. The molecule has 0 spiro atoms. The summed E-state index contributed by atoms with van der Waals surface area (Å²) in [6.07, 6.45) is 4.29. The van der Waals surface area contributed by atoms with Crippen LogP contribution in [0.2, 0.25) is 0 Å².